The summed E-state index contributed by atoms with van der Waals surface area (Å²) in [4.78, 5) is 13.7. The quantitative estimate of drug-likeness (QED) is 0.708. The second-order valence-electron chi connectivity index (χ2n) is 4.68. The van der Waals surface area contributed by atoms with Crippen LogP contribution >= 0.6 is 0 Å². The van der Waals surface area contributed by atoms with Crippen LogP contribution in [0.1, 0.15) is 25.8 Å². The van der Waals surface area contributed by atoms with Crippen LogP contribution in [0.2, 0.25) is 0 Å². The average Bonchev–Trinajstić information content (AvgIpc) is 2.52. The first-order valence-corrected chi connectivity index (χ1v) is 7.35. The van der Waals surface area contributed by atoms with E-state index in [0.717, 1.165) is 30.2 Å². The van der Waals surface area contributed by atoms with E-state index in [4.69, 9.17) is 9.47 Å². The Balaban J connectivity index is 2.41. The van der Waals surface area contributed by atoms with Crippen molar-refractivity contribution in [2.75, 3.05) is 33.9 Å². The van der Waals surface area contributed by atoms with Gasteiger partial charge in [0.1, 0.15) is 0 Å². The fourth-order valence-corrected chi connectivity index (χ4v) is 2.15. The third-order valence-electron chi connectivity index (χ3n) is 3.41. The number of benzene rings is 1. The van der Waals surface area contributed by atoms with Gasteiger partial charge in [-0.3, -0.25) is 4.79 Å². The second kappa shape index (κ2) is 9.23. The van der Waals surface area contributed by atoms with Crippen molar-refractivity contribution in [1.29, 1.82) is 0 Å². The number of hydrogen-bond donors (Lipinski definition) is 1. The molecular formula is C16H26N2O3. The van der Waals surface area contributed by atoms with Crippen molar-refractivity contribution in [2.45, 2.75) is 26.8 Å². The highest BCUT2D eigenvalue weighted by atomic mass is 16.5. The van der Waals surface area contributed by atoms with Gasteiger partial charge >= 0.3 is 0 Å². The molecule has 1 aromatic carbocycles. The summed E-state index contributed by atoms with van der Waals surface area (Å²) in [5.41, 5.74) is 1.10. The van der Waals surface area contributed by atoms with Gasteiger partial charge in [0.15, 0.2) is 11.5 Å². The van der Waals surface area contributed by atoms with Crippen LogP contribution in [0.25, 0.3) is 0 Å². The van der Waals surface area contributed by atoms with E-state index in [1.807, 2.05) is 36.9 Å². The lowest BCUT2D eigenvalue weighted by atomic mass is 10.2. The van der Waals surface area contributed by atoms with Gasteiger partial charge in [-0.25, -0.2) is 0 Å². The molecule has 5 nitrogen and oxygen atoms in total. The van der Waals surface area contributed by atoms with Crippen LogP contribution in [0.5, 0.6) is 11.5 Å². The summed E-state index contributed by atoms with van der Waals surface area (Å²) < 4.78 is 10.5. The Morgan fingerprint density at radius 1 is 1.14 bits per heavy atom. The Morgan fingerprint density at radius 3 is 2.38 bits per heavy atom. The van der Waals surface area contributed by atoms with Gasteiger partial charge in [-0.15, -0.1) is 0 Å². The number of carbonyl (C=O) groups is 1. The van der Waals surface area contributed by atoms with Gasteiger partial charge in [0.25, 0.3) is 0 Å². The molecule has 0 aliphatic rings. The minimum atomic E-state index is 0.194. The highest BCUT2D eigenvalue weighted by Gasteiger charge is 2.08. The molecule has 0 heterocycles. The Hall–Kier alpha value is -1.75. The molecule has 5 heteroatoms. The Morgan fingerprint density at radius 2 is 1.81 bits per heavy atom. The maximum Gasteiger partial charge on any atom is 0.223 e. The fraction of sp³-hybridized carbons (Fsp3) is 0.562. The predicted molar refractivity (Wildman–Crippen MR) is 83.8 cm³/mol. The smallest absolute Gasteiger partial charge is 0.223 e. The van der Waals surface area contributed by atoms with E-state index >= 15 is 0 Å². The standard InChI is InChI=1S/C16H26N2O3/c1-5-18(6-2)16(19)9-10-17-12-13-7-8-14(20-3)15(11-13)21-4/h7-8,11,17H,5-6,9-10,12H2,1-4H3. The molecule has 21 heavy (non-hydrogen) atoms. The molecule has 0 fully saturated rings. The van der Waals surface area contributed by atoms with Gasteiger partial charge < -0.3 is 19.7 Å². The van der Waals surface area contributed by atoms with E-state index in [9.17, 15) is 4.79 Å². The summed E-state index contributed by atoms with van der Waals surface area (Å²) in [5, 5.41) is 3.28. The first kappa shape index (κ1) is 17.3. The van der Waals surface area contributed by atoms with E-state index in [2.05, 4.69) is 5.32 Å². The van der Waals surface area contributed by atoms with Crippen LogP contribution in [-0.4, -0.2) is 44.7 Å². The van der Waals surface area contributed by atoms with Crippen LogP contribution in [0.4, 0.5) is 0 Å². The van der Waals surface area contributed by atoms with Gasteiger partial charge in [0.2, 0.25) is 5.91 Å². The van der Waals surface area contributed by atoms with E-state index in [-0.39, 0.29) is 5.91 Å². The van der Waals surface area contributed by atoms with Gasteiger partial charge in [-0.05, 0) is 31.5 Å². The van der Waals surface area contributed by atoms with Crippen molar-refractivity contribution in [3.63, 3.8) is 0 Å². The SMILES string of the molecule is CCN(CC)C(=O)CCNCc1ccc(OC)c(OC)c1. The monoisotopic (exact) mass is 294 g/mol. The van der Waals surface area contributed by atoms with Gasteiger partial charge in [0, 0.05) is 32.6 Å². The summed E-state index contributed by atoms with van der Waals surface area (Å²) in [5.74, 6) is 1.63. The molecule has 0 saturated heterocycles. The molecule has 118 valence electrons. The molecule has 0 bridgehead atoms. The molecule has 0 aliphatic heterocycles. The maximum atomic E-state index is 11.8. The van der Waals surface area contributed by atoms with Crippen molar-refractivity contribution in [2.24, 2.45) is 0 Å². The van der Waals surface area contributed by atoms with Crippen LogP contribution in [0.3, 0.4) is 0 Å². The Kier molecular flexibility index (Phi) is 7.61. The lowest BCUT2D eigenvalue weighted by molar-refractivity contribution is -0.130. The molecule has 1 amide bonds. The van der Waals surface area contributed by atoms with Gasteiger partial charge in [0.05, 0.1) is 14.2 Å². The zero-order chi connectivity index (χ0) is 15.7. The molecule has 0 spiro atoms. The molecule has 0 aliphatic carbocycles. The molecule has 0 radical (unpaired) electrons. The molecule has 0 unspecified atom stereocenters. The number of carbonyl (C=O) groups excluding carboxylic acids is 1. The van der Waals surface area contributed by atoms with Crippen molar-refractivity contribution >= 4 is 5.91 Å². The van der Waals surface area contributed by atoms with Crippen molar-refractivity contribution in [3.8, 4) is 11.5 Å². The average molecular weight is 294 g/mol. The first-order valence-electron chi connectivity index (χ1n) is 7.35. The van der Waals surface area contributed by atoms with Crippen LogP contribution in [-0.2, 0) is 11.3 Å². The predicted octanol–water partition coefficient (Wildman–Crippen LogP) is 2.05. The molecule has 0 atom stereocenters. The number of ether oxygens (including phenoxy) is 2. The number of amides is 1. The number of methoxy groups -OCH3 is 2. The largest absolute Gasteiger partial charge is 0.493 e. The highest BCUT2D eigenvalue weighted by molar-refractivity contribution is 5.76. The first-order chi connectivity index (χ1) is 10.2. The Labute approximate surface area is 127 Å². The highest BCUT2D eigenvalue weighted by Crippen LogP contribution is 2.27. The number of rotatable bonds is 9. The molecule has 0 aromatic heterocycles. The third kappa shape index (κ3) is 5.27. The van der Waals surface area contributed by atoms with E-state index in [1.165, 1.54) is 0 Å². The summed E-state index contributed by atoms with van der Waals surface area (Å²) in [6, 6.07) is 5.81. The molecular weight excluding hydrogens is 268 g/mol. The second-order valence-corrected chi connectivity index (χ2v) is 4.68. The minimum Gasteiger partial charge on any atom is -0.493 e. The summed E-state index contributed by atoms with van der Waals surface area (Å²) in [7, 11) is 3.24. The lowest BCUT2D eigenvalue weighted by Crippen LogP contribution is -2.32. The fourth-order valence-electron chi connectivity index (χ4n) is 2.15. The molecule has 1 N–H and O–H groups in total. The normalized spacial score (nSPS) is 10.3. The van der Waals surface area contributed by atoms with E-state index in [1.54, 1.807) is 14.2 Å². The molecule has 1 aromatic rings. The van der Waals surface area contributed by atoms with Crippen LogP contribution < -0.4 is 14.8 Å². The van der Waals surface area contributed by atoms with Gasteiger partial charge in [-0.2, -0.15) is 0 Å². The zero-order valence-corrected chi connectivity index (χ0v) is 13.4. The summed E-state index contributed by atoms with van der Waals surface area (Å²) >= 11 is 0. The zero-order valence-electron chi connectivity index (χ0n) is 13.4. The van der Waals surface area contributed by atoms with Crippen molar-refractivity contribution in [1.82, 2.24) is 10.2 Å². The van der Waals surface area contributed by atoms with E-state index < -0.39 is 0 Å². The maximum absolute atomic E-state index is 11.8. The van der Waals surface area contributed by atoms with Crippen LogP contribution in [0, 0.1) is 0 Å². The lowest BCUT2D eigenvalue weighted by Gasteiger charge is -2.18. The summed E-state index contributed by atoms with van der Waals surface area (Å²) in [6.45, 7) is 6.91. The third-order valence-corrected chi connectivity index (χ3v) is 3.41. The van der Waals surface area contributed by atoms with Crippen molar-refractivity contribution < 1.29 is 14.3 Å². The molecule has 0 saturated carbocycles. The van der Waals surface area contributed by atoms with Crippen molar-refractivity contribution in [3.05, 3.63) is 23.8 Å². The number of hydrogen-bond acceptors (Lipinski definition) is 4. The summed E-state index contributed by atoms with van der Waals surface area (Å²) in [6.07, 6.45) is 0.523. The topological polar surface area (TPSA) is 50.8 Å². The number of nitrogens with zero attached hydrogens (tertiary/aromatic N) is 1. The molecule has 1 rings (SSSR count). The van der Waals surface area contributed by atoms with E-state index in [0.29, 0.717) is 19.5 Å². The number of nitrogens with one attached hydrogen (secondary N) is 1. The van der Waals surface area contributed by atoms with Crippen LogP contribution in [0.15, 0.2) is 18.2 Å². The minimum absolute atomic E-state index is 0.194. The van der Waals surface area contributed by atoms with Gasteiger partial charge in [-0.1, -0.05) is 6.07 Å². The Bertz CT molecular complexity index is 445.